The highest BCUT2D eigenvalue weighted by Gasteiger charge is 2.04. The molecule has 0 saturated heterocycles. The lowest BCUT2D eigenvalue weighted by Gasteiger charge is -2.00. The molecular formula is C13H10F2N2. The van der Waals surface area contributed by atoms with E-state index in [2.05, 4.69) is 10.3 Å². The molecule has 0 atom stereocenters. The first-order valence-corrected chi connectivity index (χ1v) is 4.76. The number of hydrogen-bond donors (Lipinski definition) is 1. The van der Waals surface area contributed by atoms with Crippen LogP contribution >= 0.6 is 0 Å². The molecule has 17 heavy (non-hydrogen) atoms. The second kappa shape index (κ2) is 6.96. The summed E-state index contributed by atoms with van der Waals surface area (Å²) in [5.41, 5.74) is -0.282. The number of para-hydroxylation sites is 1. The van der Waals surface area contributed by atoms with E-state index in [0.29, 0.717) is 0 Å². The van der Waals surface area contributed by atoms with Crippen molar-refractivity contribution < 1.29 is 8.78 Å². The molecule has 2 nitrogen and oxygen atoms in total. The van der Waals surface area contributed by atoms with Crippen molar-refractivity contribution in [3.8, 4) is 12.5 Å². The summed E-state index contributed by atoms with van der Waals surface area (Å²) in [5, 5.41) is 2.12. The van der Waals surface area contributed by atoms with Crippen LogP contribution in [0.2, 0.25) is 0 Å². The molecule has 4 heteroatoms. The largest absolute Gasteiger partial charge is 0.310 e. The van der Waals surface area contributed by atoms with E-state index in [1.165, 1.54) is 6.07 Å². The van der Waals surface area contributed by atoms with Gasteiger partial charge >= 0.3 is 0 Å². The normalized spacial score (nSPS) is 8.53. The van der Waals surface area contributed by atoms with Crippen molar-refractivity contribution in [1.82, 2.24) is 4.98 Å². The highest BCUT2D eigenvalue weighted by Crippen LogP contribution is 2.16. The van der Waals surface area contributed by atoms with Crippen LogP contribution in [0.5, 0.6) is 0 Å². The molecule has 86 valence electrons. The zero-order chi connectivity index (χ0) is 12.5. The standard InChI is InChI=1S/C8H5F2N.C5H5N/c1-2-11-8-6(9)4-3-5-7(8)10;1-2-4-6-5-3-1/h1,3-5,11H;1-5H. The molecule has 0 unspecified atom stereocenters. The van der Waals surface area contributed by atoms with Gasteiger partial charge in [-0.1, -0.05) is 18.6 Å². The number of nitrogens with one attached hydrogen (secondary N) is 1. The topological polar surface area (TPSA) is 24.9 Å². The summed E-state index contributed by atoms with van der Waals surface area (Å²) < 4.78 is 25.3. The van der Waals surface area contributed by atoms with Gasteiger partial charge in [0, 0.05) is 18.4 Å². The average molecular weight is 232 g/mol. The molecule has 1 aromatic carbocycles. The molecular weight excluding hydrogens is 222 g/mol. The van der Waals surface area contributed by atoms with E-state index in [1.807, 2.05) is 24.2 Å². The number of aromatic nitrogens is 1. The Morgan fingerprint density at radius 3 is 1.94 bits per heavy atom. The number of terminal acetylenes is 1. The molecule has 2 rings (SSSR count). The van der Waals surface area contributed by atoms with Gasteiger partial charge in [-0.3, -0.25) is 4.98 Å². The summed E-state index contributed by atoms with van der Waals surface area (Å²) in [6.07, 6.45) is 8.30. The Kier molecular flexibility index (Phi) is 5.18. The maximum atomic E-state index is 12.6. The molecule has 1 aromatic heterocycles. The lowest BCUT2D eigenvalue weighted by molar-refractivity contribution is 0.591. The van der Waals surface area contributed by atoms with Gasteiger partial charge in [0.15, 0.2) is 0 Å². The van der Waals surface area contributed by atoms with Crippen molar-refractivity contribution in [2.45, 2.75) is 0 Å². The van der Waals surface area contributed by atoms with Gasteiger partial charge < -0.3 is 5.32 Å². The van der Waals surface area contributed by atoms with Crippen LogP contribution < -0.4 is 5.32 Å². The Morgan fingerprint density at radius 1 is 1.00 bits per heavy atom. The van der Waals surface area contributed by atoms with Crippen molar-refractivity contribution in [1.29, 1.82) is 0 Å². The maximum absolute atomic E-state index is 12.6. The Hall–Kier alpha value is -2.41. The molecule has 0 bridgehead atoms. The van der Waals surface area contributed by atoms with Gasteiger partial charge in [-0.15, -0.1) is 0 Å². The minimum atomic E-state index is -0.692. The van der Waals surface area contributed by atoms with Crippen LogP contribution in [0.4, 0.5) is 14.5 Å². The molecule has 1 heterocycles. The number of nitrogens with zero attached hydrogens (tertiary/aromatic N) is 1. The SMILES string of the molecule is C#CNc1c(F)cccc1F.c1ccncc1. The van der Waals surface area contributed by atoms with Gasteiger partial charge in [-0.2, -0.15) is 0 Å². The Balaban J connectivity index is 0.000000202. The minimum Gasteiger partial charge on any atom is -0.310 e. The number of halogens is 2. The lowest BCUT2D eigenvalue weighted by atomic mass is 10.3. The predicted molar refractivity (Wildman–Crippen MR) is 63.1 cm³/mol. The molecule has 0 saturated carbocycles. The zero-order valence-electron chi connectivity index (χ0n) is 8.90. The molecule has 0 radical (unpaired) electrons. The molecule has 0 amide bonds. The van der Waals surface area contributed by atoms with Gasteiger partial charge in [0.2, 0.25) is 0 Å². The molecule has 2 aromatic rings. The monoisotopic (exact) mass is 232 g/mol. The van der Waals surface area contributed by atoms with Crippen LogP contribution in [0.15, 0.2) is 48.8 Å². The quantitative estimate of drug-likeness (QED) is 0.603. The van der Waals surface area contributed by atoms with Crippen molar-refractivity contribution in [2.75, 3.05) is 5.32 Å². The Morgan fingerprint density at radius 2 is 1.59 bits per heavy atom. The fraction of sp³-hybridized carbons (Fsp3) is 0. The summed E-state index contributed by atoms with van der Waals surface area (Å²) in [7, 11) is 0. The van der Waals surface area contributed by atoms with Gasteiger partial charge in [0.05, 0.1) is 0 Å². The molecule has 0 aliphatic carbocycles. The molecule has 0 aliphatic heterocycles. The minimum absolute atomic E-state index is 0.282. The number of pyridine rings is 1. The number of anilines is 1. The van der Waals surface area contributed by atoms with Crippen LogP contribution in [0, 0.1) is 24.1 Å². The van der Waals surface area contributed by atoms with Gasteiger partial charge in [0.1, 0.15) is 17.3 Å². The Labute approximate surface area is 98.3 Å². The van der Waals surface area contributed by atoms with Crippen LogP contribution in [0.3, 0.4) is 0 Å². The van der Waals surface area contributed by atoms with Crippen LogP contribution in [-0.4, -0.2) is 4.98 Å². The summed E-state index contributed by atoms with van der Waals surface area (Å²) in [6.45, 7) is 0. The first-order chi connectivity index (χ1) is 8.25. The third-order valence-electron chi connectivity index (χ3n) is 1.73. The summed E-state index contributed by atoms with van der Waals surface area (Å²) >= 11 is 0. The number of rotatable bonds is 1. The van der Waals surface area contributed by atoms with E-state index in [4.69, 9.17) is 6.42 Å². The molecule has 0 spiro atoms. The third kappa shape index (κ3) is 4.31. The lowest BCUT2D eigenvalue weighted by Crippen LogP contribution is -1.94. The van der Waals surface area contributed by atoms with E-state index >= 15 is 0 Å². The van der Waals surface area contributed by atoms with Gasteiger partial charge in [-0.05, 0) is 24.3 Å². The molecule has 0 fully saturated rings. The van der Waals surface area contributed by atoms with Gasteiger partial charge in [-0.25, -0.2) is 8.78 Å². The van der Waals surface area contributed by atoms with E-state index in [-0.39, 0.29) is 5.69 Å². The van der Waals surface area contributed by atoms with Crippen molar-refractivity contribution >= 4 is 5.69 Å². The smallest absolute Gasteiger partial charge is 0.150 e. The highest BCUT2D eigenvalue weighted by atomic mass is 19.1. The van der Waals surface area contributed by atoms with Crippen molar-refractivity contribution in [3.63, 3.8) is 0 Å². The highest BCUT2D eigenvalue weighted by molar-refractivity contribution is 5.49. The second-order valence-corrected chi connectivity index (χ2v) is 2.89. The van der Waals surface area contributed by atoms with E-state index in [9.17, 15) is 8.78 Å². The van der Waals surface area contributed by atoms with E-state index in [1.54, 1.807) is 12.4 Å². The van der Waals surface area contributed by atoms with Crippen molar-refractivity contribution in [2.24, 2.45) is 0 Å². The average Bonchev–Trinajstić information content (AvgIpc) is 2.37. The fourth-order valence-electron chi connectivity index (χ4n) is 1.00. The maximum Gasteiger partial charge on any atom is 0.150 e. The fourth-order valence-corrected chi connectivity index (χ4v) is 1.00. The van der Waals surface area contributed by atoms with E-state index in [0.717, 1.165) is 12.1 Å². The van der Waals surface area contributed by atoms with Crippen LogP contribution in [0.1, 0.15) is 0 Å². The summed E-state index contributed by atoms with van der Waals surface area (Å²) in [5.74, 6) is -1.38. The first-order valence-electron chi connectivity index (χ1n) is 4.76. The number of benzene rings is 1. The summed E-state index contributed by atoms with van der Waals surface area (Å²) in [4.78, 5) is 3.78. The second-order valence-electron chi connectivity index (χ2n) is 2.89. The number of hydrogen-bond acceptors (Lipinski definition) is 2. The molecule has 1 N–H and O–H groups in total. The van der Waals surface area contributed by atoms with Crippen molar-refractivity contribution in [3.05, 3.63) is 60.4 Å². The zero-order valence-corrected chi connectivity index (χ0v) is 8.90. The van der Waals surface area contributed by atoms with Crippen LogP contribution in [0.25, 0.3) is 0 Å². The van der Waals surface area contributed by atoms with E-state index < -0.39 is 11.6 Å². The van der Waals surface area contributed by atoms with Crippen LogP contribution in [-0.2, 0) is 0 Å². The third-order valence-corrected chi connectivity index (χ3v) is 1.73. The van der Waals surface area contributed by atoms with Gasteiger partial charge in [0.25, 0.3) is 0 Å². The Bertz CT molecular complexity index is 446. The molecule has 0 aliphatic rings. The summed E-state index contributed by atoms with van der Waals surface area (Å²) in [6, 6.07) is 11.2. The first kappa shape index (κ1) is 12.7. The predicted octanol–water partition coefficient (Wildman–Crippen LogP) is 3.05.